The lowest BCUT2D eigenvalue weighted by atomic mass is 9.93. The number of aliphatic imine (C=N–C) groups is 1. The van der Waals surface area contributed by atoms with Gasteiger partial charge in [0.1, 0.15) is 5.02 Å². The normalized spacial score (nSPS) is 16.7. The third-order valence-electron chi connectivity index (χ3n) is 6.42. The molecule has 0 bridgehead atoms. The van der Waals surface area contributed by atoms with Crippen LogP contribution < -0.4 is 10.6 Å². The van der Waals surface area contributed by atoms with E-state index in [1.165, 1.54) is 12.1 Å². The standard InChI is InChI=1S/C28H24ClN5O4S/c1-17-24(27(36)32-20-6-3-2-4-7-20)25(33-14-5-15-39-28(33)30-17)18-8-11-21(12-9-18)31-26(35)19-10-13-22(29)23(16-19)34(37)38/h2-4,6-13,16,25H,5,14-15H2,1H3,(H,31,35)(H,32,36). The summed E-state index contributed by atoms with van der Waals surface area (Å²) in [7, 11) is 0. The van der Waals surface area contributed by atoms with Crippen LogP contribution in [0.15, 0.2) is 89.1 Å². The fourth-order valence-corrected chi connectivity index (χ4v) is 5.78. The number of para-hydroxylation sites is 1. The maximum Gasteiger partial charge on any atom is 0.288 e. The molecule has 0 aromatic heterocycles. The molecule has 1 atom stereocenters. The number of benzene rings is 3. The van der Waals surface area contributed by atoms with Gasteiger partial charge in [-0.15, -0.1) is 0 Å². The van der Waals surface area contributed by atoms with Crippen LogP contribution in [0.1, 0.15) is 35.3 Å². The van der Waals surface area contributed by atoms with Crippen molar-refractivity contribution < 1.29 is 14.5 Å². The predicted octanol–water partition coefficient (Wildman–Crippen LogP) is 6.26. The van der Waals surface area contributed by atoms with Crippen molar-refractivity contribution in [1.29, 1.82) is 0 Å². The van der Waals surface area contributed by atoms with Crippen molar-refractivity contribution in [2.75, 3.05) is 22.9 Å². The Balaban J connectivity index is 1.41. The monoisotopic (exact) mass is 561 g/mol. The first-order valence-corrected chi connectivity index (χ1v) is 13.6. The molecule has 1 unspecified atom stereocenters. The van der Waals surface area contributed by atoms with Gasteiger partial charge in [0.2, 0.25) is 0 Å². The van der Waals surface area contributed by atoms with Crippen molar-refractivity contribution in [3.8, 4) is 0 Å². The Morgan fingerprint density at radius 2 is 1.72 bits per heavy atom. The number of fused-ring (bicyclic) bond motifs is 1. The number of amides is 2. The lowest BCUT2D eigenvalue weighted by Crippen LogP contribution is -2.43. The fourth-order valence-electron chi connectivity index (χ4n) is 4.57. The van der Waals surface area contributed by atoms with Crippen molar-refractivity contribution in [2.45, 2.75) is 19.4 Å². The molecule has 5 rings (SSSR count). The molecule has 39 heavy (non-hydrogen) atoms. The molecule has 2 N–H and O–H groups in total. The first-order valence-electron chi connectivity index (χ1n) is 12.2. The van der Waals surface area contributed by atoms with Crippen molar-refractivity contribution in [1.82, 2.24) is 4.90 Å². The molecule has 2 aliphatic heterocycles. The number of hydrogen-bond acceptors (Lipinski definition) is 7. The number of carbonyl (C=O) groups excluding carboxylic acids is 2. The first-order chi connectivity index (χ1) is 18.8. The van der Waals surface area contributed by atoms with Crippen LogP contribution in [0.2, 0.25) is 5.02 Å². The SMILES string of the molecule is CC1=C(C(=O)Nc2ccccc2)C(c2ccc(NC(=O)c3ccc(Cl)c([N+](=O)[O-])c3)cc2)N2CCCSC2=N1. The summed E-state index contributed by atoms with van der Waals surface area (Å²) in [5, 5.41) is 17.8. The van der Waals surface area contributed by atoms with Gasteiger partial charge in [-0.05, 0) is 55.3 Å². The molecule has 2 heterocycles. The molecule has 1 saturated heterocycles. The Morgan fingerprint density at radius 3 is 2.44 bits per heavy atom. The number of anilines is 2. The largest absolute Gasteiger partial charge is 0.340 e. The third-order valence-corrected chi connectivity index (χ3v) is 7.82. The smallest absolute Gasteiger partial charge is 0.288 e. The first kappa shape index (κ1) is 26.5. The molecular weight excluding hydrogens is 538 g/mol. The highest BCUT2D eigenvalue weighted by Gasteiger charge is 2.37. The lowest BCUT2D eigenvalue weighted by Gasteiger charge is -2.40. The quantitative estimate of drug-likeness (QED) is 0.271. The Hall–Kier alpha value is -4.15. The lowest BCUT2D eigenvalue weighted by molar-refractivity contribution is -0.384. The van der Waals surface area contributed by atoms with Gasteiger partial charge in [0.05, 0.1) is 22.2 Å². The minimum Gasteiger partial charge on any atom is -0.340 e. The number of nitro groups is 1. The molecule has 11 heteroatoms. The van der Waals surface area contributed by atoms with Crippen LogP contribution in [0.4, 0.5) is 17.1 Å². The number of nitro benzene ring substituents is 1. The molecule has 198 valence electrons. The third kappa shape index (κ3) is 5.67. The van der Waals surface area contributed by atoms with Crippen LogP contribution in [-0.2, 0) is 4.79 Å². The van der Waals surface area contributed by atoms with Gasteiger partial charge in [0.15, 0.2) is 5.17 Å². The fraction of sp³-hybridized carbons (Fsp3) is 0.179. The zero-order chi connectivity index (χ0) is 27.5. The van der Waals surface area contributed by atoms with Crippen LogP contribution in [0.3, 0.4) is 0 Å². The van der Waals surface area contributed by atoms with E-state index in [-0.39, 0.29) is 28.2 Å². The molecule has 9 nitrogen and oxygen atoms in total. The maximum atomic E-state index is 13.5. The summed E-state index contributed by atoms with van der Waals surface area (Å²) < 4.78 is 0. The van der Waals surface area contributed by atoms with Crippen LogP contribution in [0, 0.1) is 10.1 Å². The van der Waals surface area contributed by atoms with E-state index in [2.05, 4.69) is 15.5 Å². The van der Waals surface area contributed by atoms with E-state index in [4.69, 9.17) is 16.6 Å². The second kappa shape index (κ2) is 11.3. The topological polar surface area (TPSA) is 117 Å². The molecule has 0 radical (unpaired) electrons. The maximum absolute atomic E-state index is 13.5. The van der Waals surface area contributed by atoms with E-state index >= 15 is 0 Å². The van der Waals surface area contributed by atoms with E-state index in [0.29, 0.717) is 22.6 Å². The molecular formula is C28H24ClN5O4S. The number of halogens is 1. The Bertz CT molecular complexity index is 1510. The minimum absolute atomic E-state index is 0.0392. The Labute approximate surface area is 234 Å². The van der Waals surface area contributed by atoms with Crippen molar-refractivity contribution in [3.63, 3.8) is 0 Å². The van der Waals surface area contributed by atoms with Gasteiger partial charge in [0.25, 0.3) is 17.5 Å². The summed E-state index contributed by atoms with van der Waals surface area (Å²) in [6.45, 7) is 2.62. The van der Waals surface area contributed by atoms with E-state index in [0.717, 1.165) is 35.5 Å². The number of hydrogen-bond donors (Lipinski definition) is 2. The number of amidine groups is 1. The summed E-state index contributed by atoms with van der Waals surface area (Å²) in [6.07, 6.45) is 0.966. The van der Waals surface area contributed by atoms with Crippen molar-refractivity contribution >= 4 is 57.4 Å². The van der Waals surface area contributed by atoms with Gasteiger partial charge in [-0.3, -0.25) is 19.7 Å². The van der Waals surface area contributed by atoms with Gasteiger partial charge in [-0.1, -0.05) is 53.7 Å². The average Bonchev–Trinajstić information content (AvgIpc) is 2.93. The molecule has 3 aromatic rings. The summed E-state index contributed by atoms with van der Waals surface area (Å²) >= 11 is 7.54. The highest BCUT2D eigenvalue weighted by Crippen LogP contribution is 2.40. The Kier molecular flexibility index (Phi) is 7.67. The molecule has 2 amide bonds. The summed E-state index contributed by atoms with van der Waals surface area (Å²) in [5.74, 6) is 0.249. The Morgan fingerprint density at radius 1 is 1.03 bits per heavy atom. The van der Waals surface area contributed by atoms with Gasteiger partial charge in [-0.25, -0.2) is 4.99 Å². The second-order valence-electron chi connectivity index (χ2n) is 9.01. The average molecular weight is 562 g/mol. The molecule has 3 aromatic carbocycles. The molecule has 2 aliphatic rings. The molecule has 1 fully saturated rings. The van der Waals surface area contributed by atoms with Crippen LogP contribution >= 0.6 is 23.4 Å². The molecule has 0 saturated carbocycles. The molecule has 0 spiro atoms. The number of rotatable bonds is 6. The molecule has 0 aliphatic carbocycles. The van der Waals surface area contributed by atoms with Gasteiger partial charge in [-0.2, -0.15) is 0 Å². The number of thioether (sulfide) groups is 1. The number of nitrogens with one attached hydrogen (secondary N) is 2. The van der Waals surface area contributed by atoms with Crippen molar-refractivity contribution in [2.24, 2.45) is 4.99 Å². The zero-order valence-electron chi connectivity index (χ0n) is 20.9. The number of nitrogens with zero attached hydrogens (tertiary/aromatic N) is 3. The van der Waals surface area contributed by atoms with E-state index in [9.17, 15) is 19.7 Å². The number of allylic oxidation sites excluding steroid dienone is 1. The van der Waals surface area contributed by atoms with E-state index in [1.54, 1.807) is 23.9 Å². The van der Waals surface area contributed by atoms with Gasteiger partial charge < -0.3 is 15.5 Å². The minimum atomic E-state index is -0.629. The van der Waals surface area contributed by atoms with E-state index in [1.807, 2.05) is 49.4 Å². The summed E-state index contributed by atoms with van der Waals surface area (Å²) in [6, 6.07) is 20.1. The summed E-state index contributed by atoms with van der Waals surface area (Å²) in [5.41, 5.74) is 3.10. The second-order valence-corrected chi connectivity index (χ2v) is 10.5. The number of carbonyl (C=O) groups is 2. The van der Waals surface area contributed by atoms with E-state index < -0.39 is 10.8 Å². The van der Waals surface area contributed by atoms with Crippen molar-refractivity contribution in [3.05, 3.63) is 110 Å². The predicted molar refractivity (Wildman–Crippen MR) is 154 cm³/mol. The van der Waals surface area contributed by atoms with Gasteiger partial charge >= 0.3 is 0 Å². The van der Waals surface area contributed by atoms with Crippen LogP contribution in [-0.4, -0.2) is 39.1 Å². The highest BCUT2D eigenvalue weighted by molar-refractivity contribution is 8.13. The van der Waals surface area contributed by atoms with Crippen LogP contribution in [0.5, 0.6) is 0 Å². The highest BCUT2D eigenvalue weighted by atomic mass is 35.5. The van der Waals surface area contributed by atoms with Gasteiger partial charge in [0, 0.05) is 35.3 Å². The summed E-state index contributed by atoms with van der Waals surface area (Å²) in [4.78, 5) is 43.7. The zero-order valence-corrected chi connectivity index (χ0v) is 22.5. The van der Waals surface area contributed by atoms with Crippen LogP contribution in [0.25, 0.3) is 0 Å².